The molecule has 2 aromatic heterocycles. The third kappa shape index (κ3) is 3.90. The van der Waals surface area contributed by atoms with Crippen LogP contribution in [-0.2, 0) is 0 Å². The summed E-state index contributed by atoms with van der Waals surface area (Å²) in [5, 5.41) is 16.0. The largest absolute Gasteiger partial charge is 0.489 e. The van der Waals surface area contributed by atoms with Crippen LogP contribution in [0.5, 0.6) is 5.75 Å². The molecule has 0 bridgehead atoms. The Kier molecular flexibility index (Phi) is 5.24. The molecule has 152 valence electrons. The molecule has 0 aliphatic rings. The van der Waals surface area contributed by atoms with Crippen LogP contribution in [0.1, 0.15) is 19.4 Å². The molecule has 0 atom stereocenters. The summed E-state index contributed by atoms with van der Waals surface area (Å²) in [4.78, 5) is 17.7. The number of nitro groups is 1. The molecule has 0 fully saturated rings. The molecule has 0 radical (unpaired) electrons. The quantitative estimate of drug-likeness (QED) is 0.320. The fourth-order valence-electron chi connectivity index (χ4n) is 3.07. The average Bonchev–Trinajstić information content (AvgIpc) is 3.34. The molecule has 4 rings (SSSR count). The summed E-state index contributed by atoms with van der Waals surface area (Å²) >= 11 is 6.31. The zero-order chi connectivity index (χ0) is 21.3. The van der Waals surface area contributed by atoms with Gasteiger partial charge in [-0.25, -0.2) is 0 Å². The summed E-state index contributed by atoms with van der Waals surface area (Å²) in [6.45, 7) is 3.85. The Labute approximate surface area is 176 Å². The first-order valence-electron chi connectivity index (χ1n) is 9.15. The number of hydrogen-bond acceptors (Lipinski definition) is 6. The van der Waals surface area contributed by atoms with E-state index in [0.29, 0.717) is 39.2 Å². The molecular formula is C21H17ClN4O4. The van der Waals surface area contributed by atoms with Crippen molar-refractivity contribution in [1.29, 1.82) is 0 Å². The lowest BCUT2D eigenvalue weighted by molar-refractivity contribution is -0.400. The Bertz CT molecular complexity index is 1260. The third-order valence-corrected chi connectivity index (χ3v) is 4.63. The van der Waals surface area contributed by atoms with Crippen LogP contribution in [0.3, 0.4) is 0 Å². The standard InChI is InChI=1S/C21H17ClN4O4/c1-12(2)29-18-7-6-13(10-17(18)22)21-24-20(25-30-21)16-5-3-4-15-14(8-9-26(27)28)11-23-19(15)16/h3-12,23H,1-2H3. The molecule has 0 aliphatic heterocycles. The van der Waals surface area contributed by atoms with Gasteiger partial charge in [-0.3, -0.25) is 10.1 Å². The van der Waals surface area contributed by atoms with Gasteiger partial charge >= 0.3 is 0 Å². The van der Waals surface area contributed by atoms with E-state index >= 15 is 0 Å². The van der Waals surface area contributed by atoms with Crippen molar-refractivity contribution in [3.63, 3.8) is 0 Å². The highest BCUT2D eigenvalue weighted by atomic mass is 35.5. The zero-order valence-corrected chi connectivity index (χ0v) is 16.9. The minimum atomic E-state index is -0.503. The van der Waals surface area contributed by atoms with Gasteiger partial charge in [0, 0.05) is 34.3 Å². The third-order valence-electron chi connectivity index (χ3n) is 4.33. The van der Waals surface area contributed by atoms with Crippen molar-refractivity contribution in [2.45, 2.75) is 20.0 Å². The van der Waals surface area contributed by atoms with Crippen LogP contribution in [0.15, 0.2) is 53.3 Å². The van der Waals surface area contributed by atoms with Gasteiger partial charge in [-0.2, -0.15) is 4.98 Å². The van der Waals surface area contributed by atoms with Crippen molar-refractivity contribution in [2.75, 3.05) is 0 Å². The summed E-state index contributed by atoms with van der Waals surface area (Å²) in [6.07, 6.45) is 4.04. The van der Waals surface area contributed by atoms with Crippen molar-refractivity contribution in [1.82, 2.24) is 15.1 Å². The normalized spacial score (nSPS) is 11.6. The molecule has 4 aromatic rings. The SMILES string of the molecule is CC(C)Oc1ccc(-c2nc(-c3cccc4c(C=C[N+](=O)[O-])c[nH]c34)no2)cc1Cl. The van der Waals surface area contributed by atoms with E-state index in [1.807, 2.05) is 32.0 Å². The monoisotopic (exact) mass is 424 g/mol. The minimum Gasteiger partial charge on any atom is -0.489 e. The number of hydrogen-bond donors (Lipinski definition) is 1. The molecule has 0 spiro atoms. The Hall–Kier alpha value is -3.65. The smallest absolute Gasteiger partial charge is 0.258 e. The highest BCUT2D eigenvalue weighted by Crippen LogP contribution is 2.33. The number of rotatable bonds is 6. The van der Waals surface area contributed by atoms with Gasteiger partial charge in [-0.1, -0.05) is 28.9 Å². The van der Waals surface area contributed by atoms with Gasteiger partial charge in [0.15, 0.2) is 0 Å². The first-order valence-corrected chi connectivity index (χ1v) is 9.52. The van der Waals surface area contributed by atoms with Crippen LogP contribution in [-0.4, -0.2) is 26.2 Å². The van der Waals surface area contributed by atoms with Gasteiger partial charge in [0.25, 0.3) is 5.89 Å². The molecule has 1 N–H and O–H groups in total. The van der Waals surface area contributed by atoms with Gasteiger partial charge in [0.2, 0.25) is 12.0 Å². The van der Waals surface area contributed by atoms with Crippen molar-refractivity contribution < 1.29 is 14.2 Å². The summed E-state index contributed by atoms with van der Waals surface area (Å²) in [6, 6.07) is 10.8. The lowest BCUT2D eigenvalue weighted by atomic mass is 10.1. The number of aromatic amines is 1. The fraction of sp³-hybridized carbons (Fsp3) is 0.143. The molecular weight excluding hydrogens is 408 g/mol. The highest BCUT2D eigenvalue weighted by Gasteiger charge is 2.16. The highest BCUT2D eigenvalue weighted by molar-refractivity contribution is 6.32. The number of nitrogens with zero attached hydrogens (tertiary/aromatic N) is 3. The van der Waals surface area contributed by atoms with E-state index in [1.165, 1.54) is 6.08 Å². The summed E-state index contributed by atoms with van der Waals surface area (Å²) in [5.74, 6) is 1.29. The number of benzene rings is 2. The van der Waals surface area contributed by atoms with E-state index in [4.69, 9.17) is 20.9 Å². The molecule has 8 nitrogen and oxygen atoms in total. The molecule has 0 aliphatic carbocycles. The van der Waals surface area contributed by atoms with Crippen molar-refractivity contribution >= 4 is 28.6 Å². The second kappa shape index (κ2) is 8.00. The van der Waals surface area contributed by atoms with Crippen LogP contribution in [0.25, 0.3) is 39.8 Å². The topological polar surface area (TPSA) is 107 Å². The van der Waals surface area contributed by atoms with Crippen LogP contribution < -0.4 is 4.74 Å². The predicted molar refractivity (Wildman–Crippen MR) is 114 cm³/mol. The molecule has 2 heterocycles. The minimum absolute atomic E-state index is 0.00901. The van der Waals surface area contributed by atoms with E-state index in [0.717, 1.165) is 17.1 Å². The number of fused-ring (bicyclic) bond motifs is 1. The maximum absolute atomic E-state index is 10.6. The lowest BCUT2D eigenvalue weighted by Gasteiger charge is -2.11. The number of nitrogens with one attached hydrogen (secondary N) is 1. The molecule has 0 unspecified atom stereocenters. The van der Waals surface area contributed by atoms with Crippen LogP contribution >= 0.6 is 11.6 Å². The Balaban J connectivity index is 1.68. The molecule has 0 amide bonds. The van der Waals surface area contributed by atoms with Gasteiger partial charge in [-0.15, -0.1) is 0 Å². The van der Waals surface area contributed by atoms with E-state index in [1.54, 1.807) is 24.4 Å². The van der Waals surface area contributed by atoms with Crippen LogP contribution in [0.2, 0.25) is 5.02 Å². The second-order valence-electron chi connectivity index (χ2n) is 6.81. The first-order chi connectivity index (χ1) is 14.4. The van der Waals surface area contributed by atoms with Gasteiger partial charge < -0.3 is 14.2 Å². The molecule has 9 heteroatoms. The van der Waals surface area contributed by atoms with Crippen molar-refractivity contribution in [2.24, 2.45) is 0 Å². The summed E-state index contributed by atoms with van der Waals surface area (Å²) < 4.78 is 11.1. The average molecular weight is 425 g/mol. The van der Waals surface area contributed by atoms with Crippen molar-refractivity contribution in [3.05, 3.63) is 69.5 Å². The number of halogens is 1. The molecule has 0 saturated carbocycles. The van der Waals surface area contributed by atoms with Gasteiger partial charge in [-0.05, 0) is 38.1 Å². The second-order valence-corrected chi connectivity index (χ2v) is 7.22. The Morgan fingerprint density at radius 1 is 1.30 bits per heavy atom. The maximum Gasteiger partial charge on any atom is 0.258 e. The number of para-hydroxylation sites is 1. The van der Waals surface area contributed by atoms with E-state index < -0.39 is 4.92 Å². The molecule has 30 heavy (non-hydrogen) atoms. The van der Waals surface area contributed by atoms with Crippen LogP contribution in [0.4, 0.5) is 0 Å². The fourth-order valence-corrected chi connectivity index (χ4v) is 3.30. The summed E-state index contributed by atoms with van der Waals surface area (Å²) in [5.41, 5.74) is 2.84. The molecule has 2 aromatic carbocycles. The van der Waals surface area contributed by atoms with E-state index in [9.17, 15) is 10.1 Å². The van der Waals surface area contributed by atoms with E-state index in [-0.39, 0.29) is 6.10 Å². The van der Waals surface area contributed by atoms with Gasteiger partial charge in [0.05, 0.1) is 21.6 Å². The number of H-pyrrole nitrogens is 1. The Morgan fingerprint density at radius 2 is 2.13 bits per heavy atom. The maximum atomic E-state index is 10.6. The summed E-state index contributed by atoms with van der Waals surface area (Å²) in [7, 11) is 0. The van der Waals surface area contributed by atoms with Gasteiger partial charge in [0.1, 0.15) is 5.75 Å². The number of aromatic nitrogens is 3. The first kappa shape index (κ1) is 19.7. The van der Waals surface area contributed by atoms with Crippen molar-refractivity contribution in [3.8, 4) is 28.6 Å². The van der Waals surface area contributed by atoms with E-state index in [2.05, 4.69) is 15.1 Å². The Morgan fingerprint density at radius 3 is 2.87 bits per heavy atom. The predicted octanol–water partition coefficient (Wildman–Crippen LogP) is 5.57. The zero-order valence-electron chi connectivity index (χ0n) is 16.1. The number of ether oxygens (including phenoxy) is 1. The lowest BCUT2D eigenvalue weighted by Crippen LogP contribution is -2.05. The van der Waals surface area contributed by atoms with Crippen LogP contribution in [0, 0.1) is 10.1 Å². The molecule has 0 saturated heterocycles.